The average Bonchev–Trinajstić information content (AvgIpc) is 2.97. The number of aliphatic carboxylic acids is 1. The Kier molecular flexibility index (Phi) is 3.63. The summed E-state index contributed by atoms with van der Waals surface area (Å²) in [5, 5.41) is 9.79. The molecule has 5 heteroatoms. The summed E-state index contributed by atoms with van der Waals surface area (Å²) in [6.45, 7) is 1.20. The van der Waals surface area contributed by atoms with Crippen molar-refractivity contribution in [2.75, 3.05) is 20.3 Å². The van der Waals surface area contributed by atoms with Crippen LogP contribution in [0.15, 0.2) is 24.3 Å². The molecule has 21 heavy (non-hydrogen) atoms. The molecule has 1 saturated heterocycles. The third-order valence-corrected chi connectivity index (χ3v) is 4.73. The second-order valence-electron chi connectivity index (χ2n) is 5.72. The Labute approximate surface area is 123 Å². The van der Waals surface area contributed by atoms with Crippen molar-refractivity contribution in [1.82, 2.24) is 0 Å². The first-order valence-electron chi connectivity index (χ1n) is 7.26. The summed E-state index contributed by atoms with van der Waals surface area (Å²) < 4.78 is 16.5. The Morgan fingerprint density at radius 3 is 2.14 bits per heavy atom. The number of carbonyl (C=O) groups is 1. The van der Waals surface area contributed by atoms with E-state index < -0.39 is 17.2 Å². The van der Waals surface area contributed by atoms with Gasteiger partial charge in [-0.2, -0.15) is 0 Å². The Morgan fingerprint density at radius 2 is 1.67 bits per heavy atom. The van der Waals surface area contributed by atoms with Gasteiger partial charge in [0.25, 0.3) is 0 Å². The van der Waals surface area contributed by atoms with Crippen molar-refractivity contribution in [1.29, 1.82) is 0 Å². The summed E-state index contributed by atoms with van der Waals surface area (Å²) in [6.07, 6.45) is 2.28. The smallest absolute Gasteiger partial charge is 0.314 e. The minimum atomic E-state index is -0.854. The SMILES string of the molecule is COc1ccc(C2(C(=O)O)CCC3(CC2)OCCO3)cc1. The van der Waals surface area contributed by atoms with Crippen LogP contribution in [0.3, 0.4) is 0 Å². The number of hydrogen-bond donors (Lipinski definition) is 1. The summed E-state index contributed by atoms with van der Waals surface area (Å²) in [5.41, 5.74) is -0.0315. The Balaban J connectivity index is 1.85. The van der Waals surface area contributed by atoms with Gasteiger partial charge in [0.2, 0.25) is 0 Å². The normalized spacial score (nSPS) is 23.1. The number of ether oxygens (including phenoxy) is 3. The highest BCUT2D eigenvalue weighted by Gasteiger charge is 2.50. The molecule has 1 heterocycles. The molecule has 0 aromatic heterocycles. The molecule has 1 aliphatic carbocycles. The van der Waals surface area contributed by atoms with E-state index in [0.717, 1.165) is 11.3 Å². The van der Waals surface area contributed by atoms with Gasteiger partial charge in [-0.25, -0.2) is 0 Å². The zero-order chi connectivity index (χ0) is 14.9. The van der Waals surface area contributed by atoms with Gasteiger partial charge in [0.15, 0.2) is 5.79 Å². The van der Waals surface area contributed by atoms with E-state index in [0.29, 0.717) is 38.9 Å². The molecule has 1 aromatic carbocycles. The lowest BCUT2D eigenvalue weighted by molar-refractivity contribution is -0.189. The number of methoxy groups -OCH3 is 1. The quantitative estimate of drug-likeness (QED) is 0.926. The predicted octanol–water partition coefficient (Wildman–Crippen LogP) is 2.33. The van der Waals surface area contributed by atoms with Gasteiger partial charge in [-0.15, -0.1) is 0 Å². The molecule has 0 unspecified atom stereocenters. The van der Waals surface area contributed by atoms with Gasteiger partial charge >= 0.3 is 5.97 Å². The number of carboxylic acids is 1. The summed E-state index contributed by atoms with van der Waals surface area (Å²) in [7, 11) is 1.60. The van der Waals surface area contributed by atoms with Crippen LogP contribution in [-0.4, -0.2) is 37.2 Å². The molecule has 1 aromatic rings. The van der Waals surface area contributed by atoms with Gasteiger partial charge in [-0.3, -0.25) is 4.79 Å². The van der Waals surface area contributed by atoms with E-state index in [4.69, 9.17) is 14.2 Å². The van der Waals surface area contributed by atoms with E-state index in [2.05, 4.69) is 0 Å². The zero-order valence-corrected chi connectivity index (χ0v) is 12.1. The second-order valence-corrected chi connectivity index (χ2v) is 5.72. The average molecular weight is 292 g/mol. The van der Waals surface area contributed by atoms with Crippen LogP contribution in [-0.2, 0) is 19.7 Å². The van der Waals surface area contributed by atoms with Crippen molar-refractivity contribution >= 4 is 5.97 Å². The van der Waals surface area contributed by atoms with Crippen LogP contribution in [0, 0.1) is 0 Å². The van der Waals surface area contributed by atoms with Gasteiger partial charge in [0.05, 0.1) is 25.7 Å². The van der Waals surface area contributed by atoms with Crippen molar-refractivity contribution in [3.8, 4) is 5.75 Å². The Hall–Kier alpha value is -1.59. The van der Waals surface area contributed by atoms with Crippen LogP contribution < -0.4 is 4.74 Å². The van der Waals surface area contributed by atoms with Gasteiger partial charge in [-0.05, 0) is 30.5 Å². The molecule has 0 bridgehead atoms. The van der Waals surface area contributed by atoms with E-state index >= 15 is 0 Å². The zero-order valence-electron chi connectivity index (χ0n) is 12.1. The molecule has 3 rings (SSSR count). The Bertz CT molecular complexity index is 506. The van der Waals surface area contributed by atoms with Crippen molar-refractivity contribution < 1.29 is 24.1 Å². The summed E-state index contributed by atoms with van der Waals surface area (Å²) in [6, 6.07) is 7.32. The lowest BCUT2D eigenvalue weighted by Gasteiger charge is -2.41. The monoisotopic (exact) mass is 292 g/mol. The number of hydrogen-bond acceptors (Lipinski definition) is 4. The summed E-state index contributed by atoms with van der Waals surface area (Å²) in [4.78, 5) is 11.9. The van der Waals surface area contributed by atoms with Crippen LogP contribution in [0.25, 0.3) is 0 Å². The maximum absolute atomic E-state index is 11.9. The molecule has 1 saturated carbocycles. The molecule has 1 N–H and O–H groups in total. The maximum Gasteiger partial charge on any atom is 0.314 e. The van der Waals surface area contributed by atoms with E-state index in [9.17, 15) is 9.90 Å². The van der Waals surface area contributed by atoms with E-state index in [1.807, 2.05) is 24.3 Å². The fourth-order valence-electron chi connectivity index (χ4n) is 3.38. The molecule has 5 nitrogen and oxygen atoms in total. The maximum atomic E-state index is 11.9. The molecule has 0 radical (unpaired) electrons. The second kappa shape index (κ2) is 5.31. The van der Waals surface area contributed by atoms with Crippen LogP contribution >= 0.6 is 0 Å². The van der Waals surface area contributed by atoms with Crippen LogP contribution in [0.2, 0.25) is 0 Å². The molecule has 0 amide bonds. The summed E-state index contributed by atoms with van der Waals surface area (Å²) >= 11 is 0. The van der Waals surface area contributed by atoms with Crippen molar-refractivity contribution in [2.45, 2.75) is 36.9 Å². The first-order chi connectivity index (χ1) is 10.1. The third kappa shape index (κ3) is 2.40. The Morgan fingerprint density at radius 1 is 1.10 bits per heavy atom. The standard InChI is InChI=1S/C16H20O5/c1-19-13-4-2-12(3-5-13)15(14(17)18)6-8-16(9-7-15)20-10-11-21-16/h2-5H,6-11H2,1H3,(H,17,18). The minimum absolute atomic E-state index is 0.522. The largest absolute Gasteiger partial charge is 0.497 e. The fraction of sp³-hybridized carbons (Fsp3) is 0.562. The fourth-order valence-corrected chi connectivity index (χ4v) is 3.38. The van der Waals surface area contributed by atoms with Crippen LogP contribution in [0.4, 0.5) is 0 Å². The van der Waals surface area contributed by atoms with Gasteiger partial charge in [0, 0.05) is 12.8 Å². The highest BCUT2D eigenvalue weighted by Crippen LogP contribution is 2.46. The molecule has 2 aliphatic rings. The van der Waals surface area contributed by atoms with Gasteiger partial charge in [0.1, 0.15) is 5.75 Å². The highest BCUT2D eigenvalue weighted by molar-refractivity contribution is 5.81. The number of rotatable bonds is 3. The van der Waals surface area contributed by atoms with Crippen molar-refractivity contribution in [2.24, 2.45) is 0 Å². The summed E-state index contributed by atoms with van der Waals surface area (Å²) in [5.74, 6) is -0.597. The van der Waals surface area contributed by atoms with Crippen molar-refractivity contribution in [3.05, 3.63) is 29.8 Å². The topological polar surface area (TPSA) is 65.0 Å². The number of carboxylic acid groups (broad SMARTS) is 1. The van der Waals surface area contributed by atoms with E-state index in [-0.39, 0.29) is 0 Å². The predicted molar refractivity (Wildman–Crippen MR) is 75.4 cm³/mol. The van der Waals surface area contributed by atoms with Gasteiger partial charge in [-0.1, -0.05) is 12.1 Å². The van der Waals surface area contributed by atoms with Crippen LogP contribution in [0.1, 0.15) is 31.2 Å². The first kappa shape index (κ1) is 14.4. The minimum Gasteiger partial charge on any atom is -0.497 e. The molecule has 114 valence electrons. The molecule has 0 atom stereocenters. The molecule has 2 fully saturated rings. The van der Waals surface area contributed by atoms with E-state index in [1.54, 1.807) is 7.11 Å². The van der Waals surface area contributed by atoms with E-state index in [1.165, 1.54) is 0 Å². The molecular weight excluding hydrogens is 272 g/mol. The lowest BCUT2D eigenvalue weighted by atomic mass is 9.67. The lowest BCUT2D eigenvalue weighted by Crippen LogP contribution is -2.46. The third-order valence-electron chi connectivity index (χ3n) is 4.73. The van der Waals surface area contributed by atoms with Crippen molar-refractivity contribution in [3.63, 3.8) is 0 Å². The number of benzene rings is 1. The van der Waals surface area contributed by atoms with Gasteiger partial charge < -0.3 is 19.3 Å². The molecule has 1 aliphatic heterocycles. The van der Waals surface area contributed by atoms with Crippen LogP contribution in [0.5, 0.6) is 5.75 Å². The highest BCUT2D eigenvalue weighted by atomic mass is 16.7. The molecular formula is C16H20O5. The first-order valence-corrected chi connectivity index (χ1v) is 7.26. The molecule has 1 spiro atoms.